The number of ether oxygens (including phenoxy) is 1. The zero-order valence-corrected chi connectivity index (χ0v) is 35.3. The Kier molecular flexibility index (Phi) is 12.5. The van der Waals surface area contributed by atoms with Crippen LogP contribution in [-0.4, -0.2) is 60.6 Å². The number of aliphatic hydroxyl groups is 1. The predicted octanol–water partition coefficient (Wildman–Crippen LogP) is 11.4. The van der Waals surface area contributed by atoms with E-state index in [0.717, 1.165) is 30.7 Å². The van der Waals surface area contributed by atoms with Crippen molar-refractivity contribution in [2.45, 2.75) is 147 Å². The first kappa shape index (κ1) is 43.3. The van der Waals surface area contributed by atoms with E-state index in [1.54, 1.807) is 12.4 Å². The quantitative estimate of drug-likeness (QED) is 0.117. The summed E-state index contributed by atoms with van der Waals surface area (Å²) in [5.74, 6) is -2.45. The second kappa shape index (κ2) is 16.4. The van der Waals surface area contributed by atoms with Gasteiger partial charge in [0.15, 0.2) is 20.2 Å². The van der Waals surface area contributed by atoms with Gasteiger partial charge in [0.1, 0.15) is 0 Å². The fourth-order valence-corrected chi connectivity index (χ4v) is 9.50. The second-order valence-electron chi connectivity index (χ2n) is 18.6. The summed E-state index contributed by atoms with van der Waals surface area (Å²) in [5, 5.41) is 11.8. The van der Waals surface area contributed by atoms with Gasteiger partial charge in [-0.2, -0.15) is 13.2 Å². The zero-order valence-electron chi connectivity index (χ0n) is 34.3. The van der Waals surface area contributed by atoms with Crippen LogP contribution in [0.15, 0.2) is 36.7 Å². The number of piperidine rings is 1. The number of alkyl halides is 6. The first-order valence-electron chi connectivity index (χ1n) is 20.3. The molecule has 0 amide bonds. The molecule has 3 aliphatic rings. The summed E-state index contributed by atoms with van der Waals surface area (Å²) in [4.78, 5) is 16.3. The maximum absolute atomic E-state index is 17.3. The maximum atomic E-state index is 17.3. The highest BCUT2D eigenvalue weighted by Gasteiger charge is 2.44. The van der Waals surface area contributed by atoms with Crippen LogP contribution < -0.4 is 9.64 Å². The summed E-state index contributed by atoms with van der Waals surface area (Å²) in [6.07, 6.45) is -1.92. The highest BCUT2D eigenvalue weighted by Crippen LogP contribution is 2.52. The third-order valence-corrected chi connectivity index (χ3v) is 17.2. The Morgan fingerprint density at radius 1 is 0.912 bits per heavy atom. The number of halogens is 6. The summed E-state index contributed by atoms with van der Waals surface area (Å²) in [6, 6.07) is 4.02. The molecule has 0 radical (unpaired) electrons. The number of hydrogen-bond donors (Lipinski definition) is 1. The number of hydrogen-bond acceptors (Lipinski definition) is 7. The summed E-state index contributed by atoms with van der Waals surface area (Å²) in [6.45, 7) is 17.3. The van der Waals surface area contributed by atoms with Crippen LogP contribution in [0.2, 0.25) is 18.1 Å². The van der Waals surface area contributed by atoms with Crippen molar-refractivity contribution >= 4 is 14.3 Å². The Hall–Kier alpha value is -3.23. The molecule has 0 bridgehead atoms. The molecule has 14 heteroatoms. The van der Waals surface area contributed by atoms with Gasteiger partial charge in [0.25, 0.3) is 0 Å². The SMILES string of the molecule is CC1(C)Cc2nc(C3CCN(c4ncc(OCCCO[Si](C)(C)C(C)(C)C)cn4)CC3)c(C(F)c3ccc(C(F)(F)F)cc3)c(C3CCC(F)(F)CC3)c2C(O)C1. The molecule has 1 saturated carbocycles. The molecule has 1 aromatic carbocycles. The molecule has 6 rings (SSSR count). The van der Waals surface area contributed by atoms with Gasteiger partial charge in [0.05, 0.1) is 36.4 Å². The third kappa shape index (κ3) is 9.97. The first-order chi connectivity index (χ1) is 26.6. The van der Waals surface area contributed by atoms with Crippen molar-refractivity contribution < 1.29 is 40.6 Å². The lowest BCUT2D eigenvalue weighted by Crippen LogP contribution is -2.41. The predicted molar refractivity (Wildman–Crippen MR) is 211 cm³/mol. The number of benzene rings is 1. The molecule has 1 saturated heterocycles. The number of aliphatic hydroxyl groups excluding tert-OH is 1. The fourth-order valence-electron chi connectivity index (χ4n) is 8.41. The molecule has 7 nitrogen and oxygen atoms in total. The Bertz CT molecular complexity index is 1830. The average Bonchev–Trinajstić information content (AvgIpc) is 3.13. The van der Waals surface area contributed by atoms with Crippen LogP contribution in [0.1, 0.15) is 149 Å². The molecule has 2 aliphatic carbocycles. The Morgan fingerprint density at radius 3 is 2.11 bits per heavy atom. The van der Waals surface area contributed by atoms with Crippen molar-refractivity contribution in [3.8, 4) is 5.75 Å². The monoisotopic (exact) mass is 820 g/mol. The lowest BCUT2D eigenvalue weighted by Gasteiger charge is -2.41. The van der Waals surface area contributed by atoms with E-state index < -0.39 is 44.2 Å². The minimum absolute atomic E-state index is 0.0234. The van der Waals surface area contributed by atoms with E-state index in [2.05, 4.69) is 43.8 Å². The van der Waals surface area contributed by atoms with Crippen molar-refractivity contribution in [2.75, 3.05) is 31.2 Å². The molecule has 2 fully saturated rings. The number of aromatic nitrogens is 3. The van der Waals surface area contributed by atoms with Gasteiger partial charge in [-0.25, -0.2) is 23.1 Å². The largest absolute Gasteiger partial charge is 0.490 e. The van der Waals surface area contributed by atoms with Gasteiger partial charge in [-0.3, -0.25) is 4.98 Å². The van der Waals surface area contributed by atoms with Crippen molar-refractivity contribution in [3.63, 3.8) is 0 Å². The highest BCUT2D eigenvalue weighted by molar-refractivity contribution is 6.74. The third-order valence-electron chi connectivity index (χ3n) is 12.7. The van der Waals surface area contributed by atoms with E-state index in [-0.39, 0.29) is 53.2 Å². The van der Waals surface area contributed by atoms with Gasteiger partial charge in [-0.05, 0) is 91.2 Å². The standard InChI is InChI=1S/C43H58F6N4O3Si/c1-40(2,3)57(6,7)56-22-8-21-55-31-25-50-39(51-26-31)53-19-15-29(16-20-53)38-36(37(44)28-9-11-30(12-10-28)43(47,48)49)34(27-13-17-42(45,46)18-14-27)35-32(52-38)23-41(4,5)24-33(35)54/h9-12,25-27,29,33,37,54H,8,13-24H2,1-7H3. The highest BCUT2D eigenvalue weighted by atomic mass is 28.4. The number of fused-ring (bicyclic) bond motifs is 1. The summed E-state index contributed by atoms with van der Waals surface area (Å²) >= 11 is 0. The smallest absolute Gasteiger partial charge is 0.416 e. The van der Waals surface area contributed by atoms with Crippen LogP contribution in [0.5, 0.6) is 5.75 Å². The van der Waals surface area contributed by atoms with Crippen LogP contribution >= 0.6 is 0 Å². The van der Waals surface area contributed by atoms with E-state index in [0.29, 0.717) is 86.2 Å². The maximum Gasteiger partial charge on any atom is 0.416 e. The molecular formula is C43H58F6N4O3Si. The molecule has 2 unspecified atom stereocenters. The van der Waals surface area contributed by atoms with E-state index in [9.17, 15) is 27.1 Å². The normalized spacial score (nSPS) is 21.3. The first-order valence-corrected chi connectivity index (χ1v) is 23.2. The molecule has 3 heterocycles. The minimum atomic E-state index is -4.59. The van der Waals surface area contributed by atoms with E-state index in [1.165, 1.54) is 0 Å². The van der Waals surface area contributed by atoms with Crippen LogP contribution in [0.25, 0.3) is 0 Å². The Labute approximate surface area is 334 Å². The Morgan fingerprint density at radius 2 is 1.53 bits per heavy atom. The topological polar surface area (TPSA) is 80.6 Å². The fraction of sp³-hybridized carbons (Fsp3) is 0.651. The van der Waals surface area contributed by atoms with Crippen LogP contribution in [0.3, 0.4) is 0 Å². The Balaban J connectivity index is 1.26. The lowest BCUT2D eigenvalue weighted by atomic mass is 9.68. The molecule has 2 atom stereocenters. The number of pyridine rings is 1. The van der Waals surface area contributed by atoms with E-state index >= 15 is 4.39 Å². The van der Waals surface area contributed by atoms with Crippen molar-refractivity contribution in [2.24, 2.45) is 5.41 Å². The van der Waals surface area contributed by atoms with E-state index in [1.807, 2.05) is 18.7 Å². The van der Waals surface area contributed by atoms with Crippen molar-refractivity contribution in [1.82, 2.24) is 15.0 Å². The van der Waals surface area contributed by atoms with Crippen LogP contribution in [0.4, 0.5) is 32.3 Å². The molecule has 57 heavy (non-hydrogen) atoms. The number of rotatable bonds is 11. The minimum Gasteiger partial charge on any atom is -0.490 e. The zero-order chi connectivity index (χ0) is 41.6. The average molecular weight is 821 g/mol. The molecule has 314 valence electrons. The lowest BCUT2D eigenvalue weighted by molar-refractivity contribution is -0.137. The van der Waals surface area contributed by atoms with Crippen LogP contribution in [-0.2, 0) is 17.0 Å². The molecule has 0 spiro atoms. The van der Waals surface area contributed by atoms with Crippen molar-refractivity contribution in [1.29, 1.82) is 0 Å². The molecule has 3 aromatic rings. The van der Waals surface area contributed by atoms with Gasteiger partial charge in [0.2, 0.25) is 11.9 Å². The van der Waals surface area contributed by atoms with Gasteiger partial charge in [0, 0.05) is 61.7 Å². The second-order valence-corrected chi connectivity index (χ2v) is 23.5. The van der Waals surface area contributed by atoms with Gasteiger partial charge >= 0.3 is 6.18 Å². The van der Waals surface area contributed by atoms with Gasteiger partial charge in [-0.15, -0.1) is 0 Å². The number of anilines is 1. The summed E-state index contributed by atoms with van der Waals surface area (Å²) in [7, 11) is -1.83. The van der Waals surface area contributed by atoms with Gasteiger partial charge < -0.3 is 19.2 Å². The number of nitrogens with zero attached hydrogens (tertiary/aromatic N) is 4. The summed E-state index contributed by atoms with van der Waals surface area (Å²) in [5.41, 5.74) is 1.21. The molecular weight excluding hydrogens is 763 g/mol. The molecule has 1 aliphatic heterocycles. The van der Waals surface area contributed by atoms with Crippen LogP contribution in [0, 0.1) is 5.41 Å². The molecule has 2 aromatic heterocycles. The van der Waals surface area contributed by atoms with E-state index in [4.69, 9.17) is 14.1 Å². The van der Waals surface area contributed by atoms with Crippen molar-refractivity contribution in [3.05, 3.63) is 75.9 Å². The summed E-state index contributed by atoms with van der Waals surface area (Å²) < 4.78 is 99.1. The molecule has 1 N–H and O–H groups in total. The van der Waals surface area contributed by atoms with Gasteiger partial charge in [-0.1, -0.05) is 46.8 Å².